The summed E-state index contributed by atoms with van der Waals surface area (Å²) in [5.41, 5.74) is 3.29. The first-order valence-corrected chi connectivity index (χ1v) is 8.87. The van der Waals surface area contributed by atoms with E-state index in [0.29, 0.717) is 0 Å². The number of benzene rings is 2. The van der Waals surface area contributed by atoms with Crippen molar-refractivity contribution in [3.05, 3.63) is 65.2 Å². The van der Waals surface area contributed by atoms with Crippen LogP contribution >= 0.6 is 0 Å². The Balaban J connectivity index is 1.46. The third-order valence-electron chi connectivity index (χ3n) is 4.83. The molecule has 0 saturated carbocycles. The number of carbonyl (C=O) groups is 1. The number of hydrogen-bond donors (Lipinski definition) is 0. The van der Waals surface area contributed by atoms with Gasteiger partial charge in [0, 0.05) is 38.3 Å². The van der Waals surface area contributed by atoms with Crippen LogP contribution in [-0.2, 0) is 6.42 Å². The van der Waals surface area contributed by atoms with Gasteiger partial charge >= 0.3 is 0 Å². The number of rotatable bonds is 5. The molecule has 0 bridgehead atoms. The highest BCUT2D eigenvalue weighted by atomic mass is 16.5. The van der Waals surface area contributed by atoms with Crippen molar-refractivity contribution in [1.82, 2.24) is 9.80 Å². The van der Waals surface area contributed by atoms with Gasteiger partial charge in [-0.05, 0) is 43.2 Å². The van der Waals surface area contributed by atoms with E-state index >= 15 is 0 Å². The number of piperazine rings is 1. The second kappa shape index (κ2) is 8.17. The fraction of sp³-hybridized carbons (Fsp3) is 0.381. The summed E-state index contributed by atoms with van der Waals surface area (Å²) in [6.45, 7) is 6.54. The molecule has 1 heterocycles. The second-order valence-electron chi connectivity index (χ2n) is 6.60. The average Bonchev–Trinajstić information content (AvgIpc) is 2.67. The summed E-state index contributed by atoms with van der Waals surface area (Å²) >= 11 is 0. The first-order chi connectivity index (χ1) is 12.2. The van der Waals surface area contributed by atoms with E-state index in [9.17, 15) is 4.79 Å². The van der Waals surface area contributed by atoms with Crippen LogP contribution in [0.15, 0.2) is 48.5 Å². The Bertz CT molecular complexity index is 687. The van der Waals surface area contributed by atoms with Gasteiger partial charge in [0.2, 0.25) is 0 Å². The first kappa shape index (κ1) is 17.5. The van der Waals surface area contributed by atoms with Crippen molar-refractivity contribution < 1.29 is 9.53 Å². The monoisotopic (exact) mass is 338 g/mol. The minimum Gasteiger partial charge on any atom is -0.497 e. The van der Waals surface area contributed by atoms with Gasteiger partial charge in [-0.1, -0.05) is 29.8 Å². The largest absolute Gasteiger partial charge is 0.497 e. The molecule has 1 amide bonds. The molecule has 132 valence electrons. The maximum absolute atomic E-state index is 12.6. The molecule has 0 radical (unpaired) electrons. The predicted octanol–water partition coefficient (Wildman–Crippen LogP) is 3.00. The molecule has 0 atom stereocenters. The summed E-state index contributed by atoms with van der Waals surface area (Å²) in [5.74, 6) is 1.04. The van der Waals surface area contributed by atoms with Gasteiger partial charge < -0.3 is 9.64 Å². The van der Waals surface area contributed by atoms with Gasteiger partial charge in [-0.3, -0.25) is 9.69 Å². The molecular formula is C21H26N2O2. The van der Waals surface area contributed by atoms with Crippen LogP contribution in [0.25, 0.3) is 0 Å². The topological polar surface area (TPSA) is 32.8 Å². The van der Waals surface area contributed by atoms with Crippen LogP contribution in [0.4, 0.5) is 0 Å². The van der Waals surface area contributed by atoms with Crippen LogP contribution in [0.3, 0.4) is 0 Å². The van der Waals surface area contributed by atoms with Gasteiger partial charge in [0.15, 0.2) is 0 Å². The Labute approximate surface area is 150 Å². The summed E-state index contributed by atoms with van der Waals surface area (Å²) in [6.07, 6.45) is 1.02. The summed E-state index contributed by atoms with van der Waals surface area (Å²) in [7, 11) is 1.69. The van der Waals surface area contributed by atoms with Gasteiger partial charge in [-0.25, -0.2) is 0 Å². The molecule has 1 aliphatic rings. The number of amides is 1. The molecule has 0 N–H and O–H groups in total. The lowest BCUT2D eigenvalue weighted by Crippen LogP contribution is -2.49. The highest BCUT2D eigenvalue weighted by Crippen LogP contribution is 2.13. The average molecular weight is 338 g/mol. The summed E-state index contributed by atoms with van der Waals surface area (Å²) in [4.78, 5) is 17.0. The van der Waals surface area contributed by atoms with E-state index in [1.807, 2.05) is 48.2 Å². The molecule has 25 heavy (non-hydrogen) atoms. The second-order valence-corrected chi connectivity index (χ2v) is 6.60. The van der Waals surface area contributed by atoms with Gasteiger partial charge in [0.1, 0.15) is 5.75 Å². The zero-order valence-electron chi connectivity index (χ0n) is 15.1. The Morgan fingerprint density at radius 2 is 1.60 bits per heavy atom. The maximum atomic E-state index is 12.6. The van der Waals surface area contributed by atoms with Crippen LogP contribution in [0.5, 0.6) is 5.75 Å². The fourth-order valence-electron chi connectivity index (χ4n) is 3.13. The molecule has 1 aliphatic heterocycles. The van der Waals surface area contributed by atoms with Crippen molar-refractivity contribution in [1.29, 1.82) is 0 Å². The van der Waals surface area contributed by atoms with Crippen LogP contribution in [0.1, 0.15) is 21.5 Å². The number of carbonyl (C=O) groups excluding carboxylic acids is 1. The normalized spacial score (nSPS) is 15.2. The molecule has 3 rings (SSSR count). The third-order valence-corrected chi connectivity index (χ3v) is 4.83. The van der Waals surface area contributed by atoms with Crippen LogP contribution < -0.4 is 4.74 Å². The quantitative estimate of drug-likeness (QED) is 0.840. The Hall–Kier alpha value is -2.33. The minimum atomic E-state index is 0.148. The smallest absolute Gasteiger partial charge is 0.253 e. The highest BCUT2D eigenvalue weighted by molar-refractivity contribution is 5.94. The number of ether oxygens (including phenoxy) is 1. The molecule has 1 fully saturated rings. The van der Waals surface area contributed by atoms with Crippen molar-refractivity contribution in [3.8, 4) is 5.75 Å². The molecule has 0 aliphatic carbocycles. The molecule has 0 spiro atoms. The third kappa shape index (κ3) is 4.60. The van der Waals surface area contributed by atoms with Crippen molar-refractivity contribution in [2.45, 2.75) is 13.3 Å². The molecule has 0 unspecified atom stereocenters. The zero-order valence-corrected chi connectivity index (χ0v) is 15.1. The number of aryl methyl sites for hydroxylation is 1. The fourth-order valence-corrected chi connectivity index (χ4v) is 3.13. The van der Waals surface area contributed by atoms with E-state index in [2.05, 4.69) is 17.0 Å². The predicted molar refractivity (Wildman–Crippen MR) is 100 cm³/mol. The summed E-state index contributed by atoms with van der Waals surface area (Å²) in [6, 6.07) is 16.1. The van der Waals surface area contributed by atoms with E-state index in [1.165, 1.54) is 11.1 Å². The molecule has 0 aromatic heterocycles. The Morgan fingerprint density at radius 3 is 2.20 bits per heavy atom. The molecule has 4 heteroatoms. The molecule has 1 saturated heterocycles. The van der Waals surface area contributed by atoms with Crippen LogP contribution in [0.2, 0.25) is 0 Å². The lowest BCUT2D eigenvalue weighted by Gasteiger charge is -2.34. The SMILES string of the molecule is COc1ccc(CCN2CCN(C(=O)c3ccc(C)cc3)CC2)cc1. The number of hydrogen-bond acceptors (Lipinski definition) is 3. The zero-order chi connectivity index (χ0) is 17.6. The van der Waals surface area contributed by atoms with E-state index < -0.39 is 0 Å². The highest BCUT2D eigenvalue weighted by Gasteiger charge is 2.21. The van der Waals surface area contributed by atoms with E-state index in [4.69, 9.17) is 4.74 Å². The maximum Gasteiger partial charge on any atom is 0.253 e. The minimum absolute atomic E-state index is 0.148. The van der Waals surface area contributed by atoms with Gasteiger partial charge in [0.05, 0.1) is 7.11 Å². The van der Waals surface area contributed by atoms with Crippen LogP contribution in [-0.4, -0.2) is 55.5 Å². The molecule has 2 aromatic rings. The van der Waals surface area contributed by atoms with Crippen molar-refractivity contribution in [2.75, 3.05) is 39.8 Å². The first-order valence-electron chi connectivity index (χ1n) is 8.87. The summed E-state index contributed by atoms with van der Waals surface area (Å²) in [5, 5.41) is 0. The van der Waals surface area contributed by atoms with E-state index in [1.54, 1.807) is 7.11 Å². The number of methoxy groups -OCH3 is 1. The summed E-state index contributed by atoms with van der Waals surface area (Å²) < 4.78 is 5.19. The standard InChI is InChI=1S/C21H26N2O2/c1-17-3-7-19(8-4-17)21(24)23-15-13-22(14-16-23)12-11-18-5-9-20(25-2)10-6-18/h3-10H,11-16H2,1-2H3. The van der Waals surface area contributed by atoms with E-state index in [-0.39, 0.29) is 5.91 Å². The Morgan fingerprint density at radius 1 is 0.960 bits per heavy atom. The van der Waals surface area contributed by atoms with Gasteiger partial charge in [-0.2, -0.15) is 0 Å². The van der Waals surface area contributed by atoms with Gasteiger partial charge in [-0.15, -0.1) is 0 Å². The lowest BCUT2D eigenvalue weighted by atomic mass is 10.1. The van der Waals surface area contributed by atoms with Crippen molar-refractivity contribution in [3.63, 3.8) is 0 Å². The van der Waals surface area contributed by atoms with Crippen molar-refractivity contribution in [2.24, 2.45) is 0 Å². The number of nitrogens with zero attached hydrogens (tertiary/aromatic N) is 2. The molecule has 2 aromatic carbocycles. The van der Waals surface area contributed by atoms with Crippen molar-refractivity contribution >= 4 is 5.91 Å². The van der Waals surface area contributed by atoms with Gasteiger partial charge in [0.25, 0.3) is 5.91 Å². The Kier molecular flexibility index (Phi) is 5.71. The van der Waals surface area contributed by atoms with E-state index in [0.717, 1.165) is 50.5 Å². The lowest BCUT2D eigenvalue weighted by molar-refractivity contribution is 0.0638. The molecular weight excluding hydrogens is 312 g/mol. The molecule has 4 nitrogen and oxygen atoms in total. The van der Waals surface area contributed by atoms with Crippen LogP contribution in [0, 0.1) is 6.92 Å².